The van der Waals surface area contributed by atoms with Crippen molar-refractivity contribution >= 4 is 34.3 Å². The second-order valence-corrected chi connectivity index (χ2v) is 7.94. The normalized spacial score (nSPS) is 11.1. The van der Waals surface area contributed by atoms with Crippen LogP contribution in [0.4, 0.5) is 0 Å². The van der Waals surface area contributed by atoms with Crippen molar-refractivity contribution < 1.29 is 19.8 Å². The van der Waals surface area contributed by atoms with Crippen molar-refractivity contribution in [1.82, 2.24) is 37.4 Å². The number of carboxylic acids is 2. The number of fused-ring (bicyclic) bond motifs is 2. The van der Waals surface area contributed by atoms with E-state index in [1.807, 2.05) is 0 Å². The Kier molecular flexibility index (Phi) is 8.17. The summed E-state index contributed by atoms with van der Waals surface area (Å²) in [4.78, 5) is 74.0. The summed E-state index contributed by atoms with van der Waals surface area (Å²) in [7, 11) is 9.55. The lowest BCUT2D eigenvalue weighted by molar-refractivity contribution is -0.135. The van der Waals surface area contributed by atoms with Gasteiger partial charge in [0.2, 0.25) is 0 Å². The van der Waals surface area contributed by atoms with Crippen LogP contribution < -0.4 is 22.5 Å². The van der Waals surface area contributed by atoms with Crippen LogP contribution in [-0.4, -0.2) is 59.5 Å². The predicted molar refractivity (Wildman–Crippen MR) is 131 cm³/mol. The van der Waals surface area contributed by atoms with Crippen LogP contribution in [0.25, 0.3) is 22.3 Å². The molecular weight excluding hydrogens is 492 g/mol. The van der Waals surface area contributed by atoms with Crippen molar-refractivity contribution in [3.05, 3.63) is 66.0 Å². The quantitative estimate of drug-likeness (QED) is 0.281. The summed E-state index contributed by atoms with van der Waals surface area (Å²) in [5.74, 6) is -2.45. The first kappa shape index (κ1) is 28.2. The number of aliphatic carboxylic acids is 2. The Morgan fingerprint density at radius 1 is 0.703 bits per heavy atom. The molecule has 16 heteroatoms. The minimum absolute atomic E-state index is 0.178. The lowest BCUT2D eigenvalue weighted by atomic mass is 10.3. The van der Waals surface area contributed by atoms with Crippen LogP contribution in [0.15, 0.2) is 43.5 Å². The first-order valence-corrected chi connectivity index (χ1v) is 10.4. The number of aryl methyl sites for hydroxylation is 4. The fraction of sp³-hybridized carbons (Fsp3) is 0.333. The molecular formula is C21H26N8O8. The zero-order valence-electron chi connectivity index (χ0n) is 21.2. The Bertz CT molecular complexity index is 1680. The monoisotopic (exact) mass is 518 g/mol. The summed E-state index contributed by atoms with van der Waals surface area (Å²) in [6.07, 6.45) is 3.68. The van der Waals surface area contributed by atoms with Gasteiger partial charge in [-0.05, 0) is 6.92 Å². The van der Waals surface area contributed by atoms with Gasteiger partial charge in [-0.3, -0.25) is 27.9 Å². The summed E-state index contributed by atoms with van der Waals surface area (Å²) in [5.41, 5.74) is 0.182. The van der Waals surface area contributed by atoms with Crippen molar-refractivity contribution in [2.24, 2.45) is 42.3 Å². The number of aromatic nitrogens is 8. The van der Waals surface area contributed by atoms with Crippen LogP contribution >= 0.6 is 0 Å². The second kappa shape index (κ2) is 10.7. The highest BCUT2D eigenvalue weighted by atomic mass is 16.4. The van der Waals surface area contributed by atoms with Crippen LogP contribution in [-0.2, 0) is 51.9 Å². The van der Waals surface area contributed by atoms with E-state index >= 15 is 0 Å². The van der Waals surface area contributed by atoms with Crippen molar-refractivity contribution in [3.63, 3.8) is 0 Å². The first-order chi connectivity index (χ1) is 17.1. The molecule has 0 spiro atoms. The molecule has 16 nitrogen and oxygen atoms in total. The third-order valence-electron chi connectivity index (χ3n) is 5.31. The maximum Gasteiger partial charge on any atom is 0.332 e. The average molecular weight is 518 g/mol. The molecule has 0 atom stereocenters. The van der Waals surface area contributed by atoms with Crippen molar-refractivity contribution in [1.29, 1.82) is 0 Å². The van der Waals surface area contributed by atoms with E-state index in [0.29, 0.717) is 28.4 Å². The molecule has 0 saturated carbocycles. The van der Waals surface area contributed by atoms with Crippen LogP contribution in [0, 0.1) is 0 Å². The number of hydrogen-bond donors (Lipinski definition) is 2. The predicted octanol–water partition coefficient (Wildman–Crippen LogP) is -1.96. The lowest BCUT2D eigenvalue weighted by Gasteiger charge is -2.02. The molecule has 0 aliphatic heterocycles. The van der Waals surface area contributed by atoms with Gasteiger partial charge in [0, 0.05) is 53.9 Å². The number of hydrogen-bond acceptors (Lipinski definition) is 8. The van der Waals surface area contributed by atoms with E-state index in [9.17, 15) is 28.8 Å². The van der Waals surface area contributed by atoms with Gasteiger partial charge in [-0.2, -0.15) is 0 Å². The minimum atomic E-state index is -1.24. The molecule has 0 aromatic carbocycles. The molecule has 0 unspecified atom stereocenters. The molecule has 4 aromatic heterocycles. The van der Waals surface area contributed by atoms with Crippen LogP contribution in [0.2, 0.25) is 0 Å². The zero-order valence-corrected chi connectivity index (χ0v) is 21.2. The van der Waals surface area contributed by atoms with Crippen LogP contribution in [0.1, 0.15) is 6.92 Å². The molecule has 0 fully saturated rings. The van der Waals surface area contributed by atoms with Gasteiger partial charge < -0.3 is 19.3 Å². The van der Waals surface area contributed by atoms with Gasteiger partial charge in [0.1, 0.15) is 0 Å². The van der Waals surface area contributed by atoms with E-state index in [0.717, 1.165) is 9.13 Å². The number of carbonyl (C=O) groups is 2. The maximum absolute atomic E-state index is 11.7. The van der Waals surface area contributed by atoms with E-state index < -0.39 is 11.9 Å². The summed E-state index contributed by atoms with van der Waals surface area (Å²) in [6, 6.07) is 0. The fourth-order valence-electron chi connectivity index (χ4n) is 3.19. The van der Waals surface area contributed by atoms with Gasteiger partial charge in [-0.25, -0.2) is 29.1 Å². The van der Waals surface area contributed by atoms with Crippen LogP contribution in [0.5, 0.6) is 0 Å². The highest BCUT2D eigenvalue weighted by Crippen LogP contribution is 2.02. The Morgan fingerprint density at radius 2 is 1.05 bits per heavy atom. The largest absolute Gasteiger partial charge is 0.478 e. The third kappa shape index (κ3) is 5.47. The number of imidazole rings is 2. The smallest absolute Gasteiger partial charge is 0.332 e. The molecule has 0 bridgehead atoms. The molecule has 37 heavy (non-hydrogen) atoms. The molecule has 0 amide bonds. The summed E-state index contributed by atoms with van der Waals surface area (Å²) in [6.45, 7) is 1.22. The van der Waals surface area contributed by atoms with Gasteiger partial charge in [-0.15, -0.1) is 0 Å². The van der Waals surface area contributed by atoms with E-state index in [4.69, 9.17) is 10.2 Å². The number of carboxylic acid groups (broad SMARTS) is 2. The topological polar surface area (TPSA) is 198 Å². The SMILES string of the molecule is C/C(=C\C(=O)O)C(=O)O.Cn1c(=O)c2c(ncn2C)n(C)c1=O.Cn1c(=O)c2c(ncn2C)n(C)c1=O. The summed E-state index contributed by atoms with van der Waals surface area (Å²) >= 11 is 0. The summed E-state index contributed by atoms with van der Waals surface area (Å²) in [5, 5.41) is 16.1. The lowest BCUT2D eigenvalue weighted by Crippen LogP contribution is -2.37. The van der Waals surface area contributed by atoms with E-state index in [1.165, 1.54) is 42.8 Å². The number of nitrogens with zero attached hydrogens (tertiary/aromatic N) is 8. The standard InChI is InChI=1S/2C8H10N4O2.C5H6O4/c2*1-10-4-9-6-5(10)7(13)12(3)8(14)11(6)2;1-3(5(8)9)2-4(6)7/h2*4H,1-3H3;2H,1H3,(H,6,7)(H,8,9)/b;;3-2+. The Balaban J connectivity index is 0.000000201. The Morgan fingerprint density at radius 3 is 1.32 bits per heavy atom. The van der Waals surface area contributed by atoms with Gasteiger partial charge in [-0.1, -0.05) is 0 Å². The highest BCUT2D eigenvalue weighted by molar-refractivity contribution is 5.94. The molecule has 0 saturated heterocycles. The van der Waals surface area contributed by atoms with Gasteiger partial charge >= 0.3 is 23.3 Å². The molecule has 198 valence electrons. The zero-order chi connectivity index (χ0) is 28.4. The van der Waals surface area contributed by atoms with Crippen LogP contribution in [0.3, 0.4) is 0 Å². The van der Waals surface area contributed by atoms with E-state index in [2.05, 4.69) is 9.97 Å². The van der Waals surface area contributed by atoms with Crippen molar-refractivity contribution in [2.75, 3.05) is 0 Å². The Labute approximate surface area is 207 Å². The molecule has 2 N–H and O–H groups in total. The molecule has 0 aliphatic rings. The van der Waals surface area contributed by atoms with E-state index in [1.54, 1.807) is 37.3 Å². The maximum atomic E-state index is 11.7. The van der Waals surface area contributed by atoms with Crippen molar-refractivity contribution in [3.8, 4) is 0 Å². The summed E-state index contributed by atoms with van der Waals surface area (Å²) < 4.78 is 8.08. The van der Waals surface area contributed by atoms with Gasteiger partial charge in [0.15, 0.2) is 22.3 Å². The third-order valence-corrected chi connectivity index (χ3v) is 5.31. The molecule has 4 heterocycles. The van der Waals surface area contributed by atoms with E-state index in [-0.39, 0.29) is 28.1 Å². The molecule has 4 rings (SSSR count). The number of rotatable bonds is 2. The van der Waals surface area contributed by atoms with Gasteiger partial charge in [0.05, 0.1) is 12.7 Å². The molecule has 4 aromatic rings. The fourth-order valence-corrected chi connectivity index (χ4v) is 3.19. The molecule has 0 aliphatic carbocycles. The van der Waals surface area contributed by atoms with Gasteiger partial charge in [0.25, 0.3) is 11.1 Å². The Hall–Kier alpha value is -5.02. The highest BCUT2D eigenvalue weighted by Gasteiger charge is 2.12. The average Bonchev–Trinajstić information content (AvgIpc) is 3.42. The second-order valence-electron chi connectivity index (χ2n) is 7.94. The minimum Gasteiger partial charge on any atom is -0.478 e. The molecule has 0 radical (unpaired) electrons. The first-order valence-electron chi connectivity index (χ1n) is 10.4. The van der Waals surface area contributed by atoms with Crippen molar-refractivity contribution in [2.45, 2.75) is 6.92 Å².